The molecule has 41 heavy (non-hydrogen) atoms. The van der Waals surface area contributed by atoms with Crippen molar-refractivity contribution in [2.75, 3.05) is 13.2 Å². The molecular weight excluding hydrogens is 526 g/mol. The summed E-state index contributed by atoms with van der Waals surface area (Å²) in [5.74, 6) is -0.277. The first-order valence-corrected chi connectivity index (χ1v) is 16.1. The Morgan fingerprint density at radius 2 is 1.37 bits per heavy atom. The predicted molar refractivity (Wildman–Crippen MR) is 161 cm³/mol. The Hall–Kier alpha value is -1.33. The van der Waals surface area contributed by atoms with Crippen molar-refractivity contribution in [1.29, 1.82) is 0 Å². The minimum Gasteiger partial charge on any atom is -0.394 e. The van der Waals surface area contributed by atoms with E-state index in [0.717, 1.165) is 19.3 Å². The average Bonchev–Trinajstić information content (AvgIpc) is 2.97. The van der Waals surface area contributed by atoms with Crippen LogP contribution in [0.15, 0.2) is 24.3 Å². The zero-order valence-electron chi connectivity index (χ0n) is 25.5. The van der Waals surface area contributed by atoms with Crippen molar-refractivity contribution in [3.8, 4) is 0 Å². The fourth-order valence-electron chi connectivity index (χ4n) is 4.84. The Balaban J connectivity index is 2.25. The van der Waals surface area contributed by atoms with Crippen LogP contribution in [0.3, 0.4) is 0 Å². The van der Waals surface area contributed by atoms with E-state index in [-0.39, 0.29) is 18.9 Å². The zero-order valence-corrected chi connectivity index (χ0v) is 25.5. The molecule has 0 radical (unpaired) electrons. The van der Waals surface area contributed by atoms with Crippen molar-refractivity contribution >= 4 is 5.91 Å². The largest absolute Gasteiger partial charge is 0.394 e. The quantitative estimate of drug-likeness (QED) is 0.0734. The van der Waals surface area contributed by atoms with Gasteiger partial charge in [0.2, 0.25) is 5.91 Å². The fraction of sp³-hybridized carbons (Fsp3) is 0.844. The van der Waals surface area contributed by atoms with E-state index in [4.69, 9.17) is 9.47 Å². The molecule has 0 saturated carbocycles. The maximum atomic E-state index is 12.0. The molecule has 7 unspecified atom stereocenters. The van der Waals surface area contributed by atoms with Gasteiger partial charge in [-0.15, -0.1) is 0 Å². The number of rotatable bonds is 24. The van der Waals surface area contributed by atoms with Gasteiger partial charge in [0.25, 0.3) is 0 Å². The highest BCUT2D eigenvalue weighted by Gasteiger charge is 2.44. The molecule has 1 aliphatic heterocycles. The Morgan fingerprint density at radius 3 is 1.95 bits per heavy atom. The van der Waals surface area contributed by atoms with E-state index in [2.05, 4.69) is 24.4 Å². The number of ether oxygens (including phenoxy) is 2. The molecule has 0 aromatic carbocycles. The number of hydrogen-bond donors (Lipinski definition) is 6. The first-order chi connectivity index (χ1) is 19.8. The molecule has 9 nitrogen and oxygen atoms in total. The molecule has 240 valence electrons. The van der Waals surface area contributed by atoms with E-state index in [1.807, 2.05) is 6.08 Å². The van der Waals surface area contributed by atoms with Crippen LogP contribution in [0.25, 0.3) is 0 Å². The second-order valence-electron chi connectivity index (χ2n) is 11.2. The van der Waals surface area contributed by atoms with Crippen LogP contribution in [-0.4, -0.2) is 87.5 Å². The molecule has 1 fully saturated rings. The molecule has 0 aromatic heterocycles. The Bertz CT molecular complexity index is 701. The number of aliphatic hydroxyl groups is 5. The topological polar surface area (TPSA) is 149 Å². The number of amides is 1. The van der Waals surface area contributed by atoms with E-state index in [1.165, 1.54) is 77.0 Å². The molecule has 0 aromatic rings. The highest BCUT2D eigenvalue weighted by Crippen LogP contribution is 2.22. The Kier molecular flexibility index (Phi) is 22.2. The number of carbonyl (C=O) groups excluding carboxylic acids is 1. The van der Waals surface area contributed by atoms with Gasteiger partial charge in [-0.2, -0.15) is 0 Å². The van der Waals surface area contributed by atoms with Crippen LogP contribution in [0.4, 0.5) is 0 Å². The van der Waals surface area contributed by atoms with E-state index in [0.29, 0.717) is 0 Å². The van der Waals surface area contributed by atoms with Crippen molar-refractivity contribution in [2.24, 2.45) is 0 Å². The van der Waals surface area contributed by atoms with Crippen LogP contribution in [-0.2, 0) is 14.3 Å². The summed E-state index contributed by atoms with van der Waals surface area (Å²) >= 11 is 0. The van der Waals surface area contributed by atoms with Crippen LogP contribution in [0.2, 0.25) is 0 Å². The molecule has 1 heterocycles. The molecular formula is C32H59NO8. The van der Waals surface area contributed by atoms with Gasteiger partial charge in [0.1, 0.15) is 24.4 Å². The zero-order chi connectivity index (χ0) is 30.3. The standard InChI is InChI=1S/C32H59NO8/c1-3-5-6-7-8-9-10-11-12-13-14-15-16-17-18-19-20-21-22-26(35)25(33-28(36)4-2)24-40-32-31(39)30(38)29(37)27(23-34)41-32/h17-18,21-22,25-27,29-32,34-35,37-39H,3-16,19-20,23-24H2,1-2H3,(H,33,36)/b18-17+,22-21+. The summed E-state index contributed by atoms with van der Waals surface area (Å²) in [4.78, 5) is 12.0. The smallest absolute Gasteiger partial charge is 0.220 e. The van der Waals surface area contributed by atoms with Gasteiger partial charge in [-0.05, 0) is 25.7 Å². The van der Waals surface area contributed by atoms with Gasteiger partial charge in [-0.25, -0.2) is 0 Å². The highest BCUT2D eigenvalue weighted by molar-refractivity contribution is 5.75. The van der Waals surface area contributed by atoms with E-state index >= 15 is 0 Å². The van der Waals surface area contributed by atoms with Gasteiger partial charge in [-0.1, -0.05) is 109 Å². The molecule has 9 heteroatoms. The fourth-order valence-corrected chi connectivity index (χ4v) is 4.84. The van der Waals surface area contributed by atoms with Crippen LogP contribution >= 0.6 is 0 Å². The molecule has 1 aliphatic rings. The summed E-state index contributed by atoms with van der Waals surface area (Å²) in [7, 11) is 0. The number of nitrogens with one attached hydrogen (secondary N) is 1. The third-order valence-corrected chi connectivity index (χ3v) is 7.59. The highest BCUT2D eigenvalue weighted by atomic mass is 16.7. The van der Waals surface area contributed by atoms with Gasteiger partial charge in [0.05, 0.1) is 25.4 Å². The maximum Gasteiger partial charge on any atom is 0.220 e. The Morgan fingerprint density at radius 1 is 0.805 bits per heavy atom. The lowest BCUT2D eigenvalue weighted by molar-refractivity contribution is -0.302. The number of aliphatic hydroxyl groups excluding tert-OH is 5. The third kappa shape index (κ3) is 16.8. The maximum absolute atomic E-state index is 12.0. The summed E-state index contributed by atoms with van der Waals surface area (Å²) in [6.07, 6.45) is 18.9. The van der Waals surface area contributed by atoms with Crippen LogP contribution in [0.1, 0.15) is 117 Å². The van der Waals surface area contributed by atoms with Crippen molar-refractivity contribution in [3.63, 3.8) is 0 Å². The van der Waals surface area contributed by atoms with Crippen molar-refractivity contribution in [1.82, 2.24) is 5.32 Å². The van der Waals surface area contributed by atoms with Gasteiger partial charge < -0.3 is 40.3 Å². The lowest BCUT2D eigenvalue weighted by Crippen LogP contribution is -2.60. The van der Waals surface area contributed by atoms with Gasteiger partial charge in [-0.3, -0.25) is 4.79 Å². The second-order valence-corrected chi connectivity index (χ2v) is 11.2. The summed E-state index contributed by atoms with van der Waals surface area (Å²) in [6, 6.07) is -0.813. The molecule has 6 N–H and O–H groups in total. The van der Waals surface area contributed by atoms with Crippen molar-refractivity contribution in [2.45, 2.75) is 159 Å². The van der Waals surface area contributed by atoms with Crippen LogP contribution < -0.4 is 5.32 Å². The third-order valence-electron chi connectivity index (χ3n) is 7.59. The summed E-state index contributed by atoms with van der Waals surface area (Å²) in [5.41, 5.74) is 0. The van der Waals surface area contributed by atoms with Gasteiger partial charge >= 0.3 is 0 Å². The molecule has 0 bridgehead atoms. The average molecular weight is 586 g/mol. The minimum absolute atomic E-state index is 0.209. The molecule has 7 atom stereocenters. The monoisotopic (exact) mass is 585 g/mol. The van der Waals surface area contributed by atoms with E-state index < -0.39 is 49.5 Å². The summed E-state index contributed by atoms with van der Waals surface area (Å²) in [5, 5.41) is 52.7. The van der Waals surface area contributed by atoms with E-state index in [1.54, 1.807) is 13.0 Å². The number of hydrogen-bond acceptors (Lipinski definition) is 8. The number of unbranched alkanes of at least 4 members (excludes halogenated alkanes) is 13. The number of carbonyl (C=O) groups is 1. The lowest BCUT2D eigenvalue weighted by atomic mass is 9.99. The Labute approximate surface area is 248 Å². The van der Waals surface area contributed by atoms with Crippen molar-refractivity contribution in [3.05, 3.63) is 24.3 Å². The minimum atomic E-state index is -1.56. The lowest BCUT2D eigenvalue weighted by Gasteiger charge is -2.40. The van der Waals surface area contributed by atoms with Crippen LogP contribution in [0.5, 0.6) is 0 Å². The molecule has 0 aliphatic carbocycles. The molecule has 0 spiro atoms. The van der Waals surface area contributed by atoms with Crippen LogP contribution in [0, 0.1) is 0 Å². The second kappa shape index (κ2) is 24.1. The van der Waals surface area contributed by atoms with Gasteiger partial charge in [0, 0.05) is 6.42 Å². The number of allylic oxidation sites excluding steroid dienone is 3. The molecule has 1 saturated heterocycles. The molecule has 1 amide bonds. The van der Waals surface area contributed by atoms with Gasteiger partial charge in [0.15, 0.2) is 6.29 Å². The SMILES string of the molecule is CCCCCCCCCCCCCC/C=C/CC/C=C/C(O)C(COC1OC(CO)C(O)C(O)C1O)NC(=O)CC. The summed E-state index contributed by atoms with van der Waals surface area (Å²) in [6.45, 7) is 3.17. The molecule has 1 rings (SSSR count). The van der Waals surface area contributed by atoms with Crippen molar-refractivity contribution < 1.29 is 39.8 Å². The predicted octanol–water partition coefficient (Wildman–Crippen LogP) is 4.04. The summed E-state index contributed by atoms with van der Waals surface area (Å²) < 4.78 is 10.9. The first kappa shape index (κ1) is 37.7. The normalized spacial score (nSPS) is 24.7. The first-order valence-electron chi connectivity index (χ1n) is 16.1. The van der Waals surface area contributed by atoms with E-state index in [9.17, 15) is 30.3 Å².